The molecule has 0 spiro atoms. The summed E-state index contributed by atoms with van der Waals surface area (Å²) in [5.74, 6) is -0.445. The summed E-state index contributed by atoms with van der Waals surface area (Å²) < 4.78 is 7.56. The molecule has 5 aromatic rings. The van der Waals surface area contributed by atoms with Gasteiger partial charge in [0.2, 0.25) is 0 Å². The molecule has 0 fully saturated rings. The third-order valence-electron chi connectivity index (χ3n) is 6.41. The predicted octanol–water partition coefficient (Wildman–Crippen LogP) is 5.01. The molecule has 0 unspecified atom stereocenters. The number of hydrogen-bond acceptors (Lipinski definition) is 6. The molecular formula is C29H23N3O3S2. The fourth-order valence-corrected chi connectivity index (χ4v) is 6.64. The lowest BCUT2D eigenvalue weighted by molar-refractivity contribution is -0.139. The Kier molecular flexibility index (Phi) is 5.98. The Hall–Kier alpha value is -4.01. The monoisotopic (exact) mass is 525 g/mol. The average Bonchev–Trinajstić information content (AvgIpc) is 3.63. The van der Waals surface area contributed by atoms with Crippen LogP contribution in [0.2, 0.25) is 0 Å². The maximum atomic E-state index is 14.0. The number of rotatable bonds is 5. The van der Waals surface area contributed by atoms with Crippen molar-refractivity contribution < 1.29 is 9.53 Å². The first-order chi connectivity index (χ1) is 18.1. The second-order valence-corrected chi connectivity index (χ2v) is 10.6. The fraction of sp³-hybridized carbons (Fsp3) is 0.138. The molecule has 0 saturated heterocycles. The number of ether oxygens (including phenoxy) is 1. The summed E-state index contributed by atoms with van der Waals surface area (Å²) in [7, 11) is 0. The summed E-state index contributed by atoms with van der Waals surface area (Å²) >= 11 is 2.84. The van der Waals surface area contributed by atoms with E-state index in [2.05, 4.69) is 28.2 Å². The molecule has 4 heterocycles. The SMILES string of the molecule is CCOC(=O)C1=C(C)N=c2s/c(=C\c3c(-c4ccccc4)[nH]c4ccccc34)c(=O)n2[C@@H]1c1cccs1. The van der Waals surface area contributed by atoms with E-state index < -0.39 is 12.0 Å². The van der Waals surface area contributed by atoms with Gasteiger partial charge in [-0.05, 0) is 43.0 Å². The van der Waals surface area contributed by atoms with Gasteiger partial charge in [0.25, 0.3) is 5.56 Å². The molecule has 184 valence electrons. The topological polar surface area (TPSA) is 76.4 Å². The van der Waals surface area contributed by atoms with Crippen molar-refractivity contribution in [2.24, 2.45) is 4.99 Å². The number of fused-ring (bicyclic) bond motifs is 2. The third-order valence-corrected chi connectivity index (χ3v) is 8.32. The second-order valence-electron chi connectivity index (χ2n) is 8.64. The lowest BCUT2D eigenvalue weighted by atomic mass is 10.0. The number of aromatic amines is 1. The number of hydrogen-bond donors (Lipinski definition) is 1. The summed E-state index contributed by atoms with van der Waals surface area (Å²) in [6.07, 6.45) is 1.94. The maximum absolute atomic E-state index is 14.0. The highest BCUT2D eigenvalue weighted by atomic mass is 32.1. The van der Waals surface area contributed by atoms with Gasteiger partial charge in [-0.2, -0.15) is 0 Å². The van der Waals surface area contributed by atoms with Crippen molar-refractivity contribution in [3.05, 3.63) is 114 Å². The molecule has 0 saturated carbocycles. The van der Waals surface area contributed by atoms with Gasteiger partial charge in [-0.15, -0.1) is 11.3 Å². The molecule has 0 radical (unpaired) electrons. The summed E-state index contributed by atoms with van der Waals surface area (Å²) in [4.78, 5) is 36.6. The van der Waals surface area contributed by atoms with Gasteiger partial charge in [-0.25, -0.2) is 9.79 Å². The molecule has 1 aliphatic heterocycles. The van der Waals surface area contributed by atoms with E-state index in [-0.39, 0.29) is 12.2 Å². The molecule has 3 aromatic heterocycles. The molecule has 1 aliphatic rings. The van der Waals surface area contributed by atoms with Crippen molar-refractivity contribution in [3.63, 3.8) is 0 Å². The fourth-order valence-electron chi connectivity index (χ4n) is 4.78. The first kappa shape index (κ1) is 23.4. The number of aromatic nitrogens is 2. The van der Waals surface area contributed by atoms with Gasteiger partial charge in [0.15, 0.2) is 4.80 Å². The number of benzene rings is 2. The normalized spacial score (nSPS) is 15.6. The van der Waals surface area contributed by atoms with Gasteiger partial charge >= 0.3 is 5.97 Å². The van der Waals surface area contributed by atoms with Crippen LogP contribution in [-0.4, -0.2) is 22.1 Å². The molecule has 0 bridgehead atoms. The van der Waals surface area contributed by atoms with Crippen molar-refractivity contribution in [1.29, 1.82) is 0 Å². The zero-order valence-electron chi connectivity index (χ0n) is 20.2. The van der Waals surface area contributed by atoms with E-state index in [0.29, 0.717) is 20.6 Å². The van der Waals surface area contributed by atoms with E-state index >= 15 is 0 Å². The minimum atomic E-state index is -0.575. The number of esters is 1. The standard InChI is InChI=1S/C29H23N3O3S2/c1-3-35-28(34)24-17(2)30-29-32(26(24)22-14-9-15-36-22)27(33)23(37-29)16-20-19-12-7-8-13-21(19)31-25(20)18-10-5-4-6-11-18/h4-16,26,31H,3H2,1-2H3/b23-16-/t26-/m1/s1. The third kappa shape index (κ3) is 3.98. The minimum absolute atomic E-state index is 0.180. The Labute approximate surface area is 220 Å². The van der Waals surface area contributed by atoms with Crippen LogP contribution in [0.3, 0.4) is 0 Å². The van der Waals surface area contributed by atoms with Crippen LogP contribution in [0.15, 0.2) is 93.2 Å². The van der Waals surface area contributed by atoms with Gasteiger partial charge in [0.1, 0.15) is 6.04 Å². The first-order valence-corrected chi connectivity index (χ1v) is 13.7. The first-order valence-electron chi connectivity index (χ1n) is 12.0. The number of para-hydroxylation sites is 1. The highest BCUT2D eigenvalue weighted by Gasteiger charge is 2.34. The number of H-pyrrole nitrogens is 1. The predicted molar refractivity (Wildman–Crippen MR) is 148 cm³/mol. The molecule has 6 rings (SSSR count). The van der Waals surface area contributed by atoms with Gasteiger partial charge in [0, 0.05) is 21.3 Å². The van der Waals surface area contributed by atoms with E-state index in [9.17, 15) is 9.59 Å². The molecule has 37 heavy (non-hydrogen) atoms. The summed E-state index contributed by atoms with van der Waals surface area (Å²) in [5.41, 5.74) is 4.72. The average molecular weight is 526 g/mol. The molecule has 0 aliphatic carbocycles. The van der Waals surface area contributed by atoms with E-state index in [0.717, 1.165) is 32.6 Å². The Morgan fingerprint density at radius 2 is 1.89 bits per heavy atom. The van der Waals surface area contributed by atoms with E-state index in [1.54, 1.807) is 18.4 Å². The zero-order chi connectivity index (χ0) is 25.5. The van der Waals surface area contributed by atoms with E-state index in [4.69, 9.17) is 4.74 Å². The number of nitrogens with zero attached hydrogens (tertiary/aromatic N) is 2. The molecule has 6 nitrogen and oxygen atoms in total. The van der Waals surface area contributed by atoms with Crippen LogP contribution < -0.4 is 14.9 Å². The summed E-state index contributed by atoms with van der Waals surface area (Å²) in [6, 6.07) is 21.5. The van der Waals surface area contributed by atoms with E-state index in [1.807, 2.05) is 60.0 Å². The lowest BCUT2D eigenvalue weighted by Crippen LogP contribution is -2.39. The second kappa shape index (κ2) is 9.46. The number of carbonyl (C=O) groups excluding carboxylic acids is 1. The van der Waals surface area contributed by atoms with Crippen LogP contribution >= 0.6 is 22.7 Å². The van der Waals surface area contributed by atoms with Crippen molar-refractivity contribution in [3.8, 4) is 11.3 Å². The number of allylic oxidation sites excluding steroid dienone is 1. The molecule has 0 amide bonds. The Bertz CT molecular complexity index is 1840. The quantitative estimate of drug-likeness (QED) is 0.328. The number of thiophene rings is 1. The zero-order valence-corrected chi connectivity index (χ0v) is 21.9. The Balaban J connectivity index is 1.60. The molecule has 8 heteroatoms. The lowest BCUT2D eigenvalue weighted by Gasteiger charge is -2.23. The van der Waals surface area contributed by atoms with Crippen LogP contribution in [-0.2, 0) is 9.53 Å². The molecular weight excluding hydrogens is 502 g/mol. The van der Waals surface area contributed by atoms with Crippen molar-refractivity contribution >= 4 is 45.6 Å². The highest BCUT2D eigenvalue weighted by molar-refractivity contribution is 7.10. The van der Waals surface area contributed by atoms with Crippen LogP contribution in [0.5, 0.6) is 0 Å². The number of carbonyl (C=O) groups is 1. The minimum Gasteiger partial charge on any atom is -0.463 e. The molecule has 1 atom stereocenters. The summed E-state index contributed by atoms with van der Waals surface area (Å²) in [5, 5.41) is 2.98. The molecule has 1 N–H and O–H groups in total. The van der Waals surface area contributed by atoms with Gasteiger partial charge < -0.3 is 9.72 Å². The Morgan fingerprint density at radius 3 is 2.65 bits per heavy atom. The van der Waals surface area contributed by atoms with Gasteiger partial charge in [-0.3, -0.25) is 9.36 Å². The number of nitrogens with one attached hydrogen (secondary N) is 1. The largest absolute Gasteiger partial charge is 0.463 e. The van der Waals surface area contributed by atoms with Crippen LogP contribution in [0, 0.1) is 0 Å². The van der Waals surface area contributed by atoms with Gasteiger partial charge in [-0.1, -0.05) is 65.9 Å². The van der Waals surface area contributed by atoms with Crippen LogP contribution in [0.4, 0.5) is 0 Å². The van der Waals surface area contributed by atoms with Crippen LogP contribution in [0.25, 0.3) is 28.2 Å². The smallest absolute Gasteiger partial charge is 0.338 e. The van der Waals surface area contributed by atoms with Crippen molar-refractivity contribution in [2.45, 2.75) is 19.9 Å². The van der Waals surface area contributed by atoms with Crippen molar-refractivity contribution in [1.82, 2.24) is 9.55 Å². The highest BCUT2D eigenvalue weighted by Crippen LogP contribution is 2.34. The van der Waals surface area contributed by atoms with Crippen LogP contribution in [0.1, 0.15) is 30.3 Å². The summed E-state index contributed by atoms with van der Waals surface area (Å²) in [6.45, 7) is 3.83. The Morgan fingerprint density at radius 1 is 1.11 bits per heavy atom. The maximum Gasteiger partial charge on any atom is 0.338 e. The van der Waals surface area contributed by atoms with E-state index in [1.165, 1.54) is 22.7 Å². The van der Waals surface area contributed by atoms with Crippen molar-refractivity contribution in [2.75, 3.05) is 6.61 Å². The molecule has 2 aromatic carbocycles. The number of thiazole rings is 1. The van der Waals surface area contributed by atoms with Gasteiger partial charge in [0.05, 0.1) is 28.1 Å².